The fourth-order valence-corrected chi connectivity index (χ4v) is 2.66. The molecule has 0 fully saturated rings. The van der Waals surface area contributed by atoms with Gasteiger partial charge in [0, 0.05) is 10.4 Å². The molecule has 3 nitrogen and oxygen atoms in total. The van der Waals surface area contributed by atoms with Gasteiger partial charge in [-0.05, 0) is 42.5 Å². The van der Waals surface area contributed by atoms with E-state index >= 15 is 0 Å². The monoisotopic (exact) mass is 307 g/mol. The zero-order chi connectivity index (χ0) is 14.1. The van der Waals surface area contributed by atoms with Gasteiger partial charge in [0.05, 0.1) is 4.34 Å². The number of esters is 1. The molecule has 0 saturated carbocycles. The number of halogens is 2. The summed E-state index contributed by atoms with van der Waals surface area (Å²) in [6.45, 7) is 0. The van der Waals surface area contributed by atoms with Crippen LogP contribution in [0.2, 0.25) is 4.34 Å². The van der Waals surface area contributed by atoms with E-state index in [9.17, 15) is 9.18 Å². The fourth-order valence-electron chi connectivity index (χ4n) is 1.67. The first-order chi connectivity index (χ1) is 9.61. The third-order valence-electron chi connectivity index (χ3n) is 2.58. The van der Waals surface area contributed by atoms with Crippen LogP contribution in [0.5, 0.6) is 0 Å². The Labute approximate surface area is 123 Å². The van der Waals surface area contributed by atoms with Crippen LogP contribution in [0.25, 0.3) is 6.08 Å². The lowest BCUT2D eigenvalue weighted by atomic mass is 10.2. The van der Waals surface area contributed by atoms with Crippen LogP contribution < -0.4 is 0 Å². The zero-order valence-corrected chi connectivity index (χ0v) is 11.5. The molecule has 0 bridgehead atoms. The molecule has 1 aliphatic heterocycles. The minimum absolute atomic E-state index is 0.170. The Bertz CT molecular complexity index is 734. The summed E-state index contributed by atoms with van der Waals surface area (Å²) in [5.74, 6) is -0.722. The summed E-state index contributed by atoms with van der Waals surface area (Å²) in [7, 11) is 0. The Kier molecular flexibility index (Phi) is 3.38. The molecule has 2 heterocycles. The van der Waals surface area contributed by atoms with Crippen molar-refractivity contribution in [3.05, 3.63) is 62.7 Å². The van der Waals surface area contributed by atoms with Gasteiger partial charge in [-0.2, -0.15) is 0 Å². The average molecular weight is 308 g/mol. The quantitative estimate of drug-likeness (QED) is 0.624. The van der Waals surface area contributed by atoms with Gasteiger partial charge in [-0.25, -0.2) is 14.2 Å². The van der Waals surface area contributed by atoms with Crippen molar-refractivity contribution in [2.24, 2.45) is 4.99 Å². The van der Waals surface area contributed by atoms with Gasteiger partial charge in [0.2, 0.25) is 5.90 Å². The van der Waals surface area contributed by atoms with Crippen molar-refractivity contribution in [1.29, 1.82) is 0 Å². The number of thiophene rings is 1. The number of carbonyl (C=O) groups excluding carboxylic acids is 1. The Morgan fingerprint density at radius 3 is 2.60 bits per heavy atom. The molecule has 0 atom stereocenters. The van der Waals surface area contributed by atoms with Gasteiger partial charge in [0.15, 0.2) is 5.70 Å². The van der Waals surface area contributed by atoms with Gasteiger partial charge >= 0.3 is 5.97 Å². The number of ether oxygens (including phenoxy) is 1. The maximum atomic E-state index is 12.8. The molecule has 0 unspecified atom stereocenters. The molecule has 3 rings (SSSR count). The number of nitrogens with zero attached hydrogens (tertiary/aromatic N) is 1. The number of cyclic esters (lactones) is 1. The number of benzene rings is 1. The maximum Gasteiger partial charge on any atom is 0.363 e. The normalized spacial score (nSPS) is 16.4. The van der Waals surface area contributed by atoms with E-state index in [1.54, 1.807) is 18.2 Å². The summed E-state index contributed by atoms with van der Waals surface area (Å²) in [6.07, 6.45) is 1.61. The lowest BCUT2D eigenvalue weighted by Gasteiger charge is -1.98. The average Bonchev–Trinajstić information content (AvgIpc) is 2.98. The third kappa shape index (κ3) is 2.64. The highest BCUT2D eigenvalue weighted by Crippen LogP contribution is 2.26. The smallest absolute Gasteiger partial charge is 0.363 e. The van der Waals surface area contributed by atoms with Crippen molar-refractivity contribution >= 4 is 40.9 Å². The van der Waals surface area contributed by atoms with Crippen molar-refractivity contribution in [3.63, 3.8) is 0 Å². The molecule has 1 aromatic carbocycles. The summed E-state index contributed by atoms with van der Waals surface area (Å²) in [4.78, 5) is 16.7. The van der Waals surface area contributed by atoms with Crippen LogP contribution in [0, 0.1) is 5.82 Å². The predicted octanol–water partition coefficient (Wildman–Crippen LogP) is 3.89. The molecule has 0 spiro atoms. The van der Waals surface area contributed by atoms with E-state index in [2.05, 4.69) is 4.99 Å². The minimum Gasteiger partial charge on any atom is -0.402 e. The molecule has 0 saturated heterocycles. The van der Waals surface area contributed by atoms with E-state index in [0.29, 0.717) is 9.90 Å². The van der Waals surface area contributed by atoms with Gasteiger partial charge in [0.25, 0.3) is 0 Å². The van der Waals surface area contributed by atoms with Crippen LogP contribution >= 0.6 is 22.9 Å². The highest BCUT2D eigenvalue weighted by Gasteiger charge is 2.24. The van der Waals surface area contributed by atoms with Crippen LogP contribution in [0.4, 0.5) is 4.39 Å². The van der Waals surface area contributed by atoms with Gasteiger partial charge in [0.1, 0.15) is 5.82 Å². The van der Waals surface area contributed by atoms with Crippen molar-refractivity contribution in [1.82, 2.24) is 0 Å². The van der Waals surface area contributed by atoms with Gasteiger partial charge in [-0.1, -0.05) is 11.6 Å². The molecule has 0 amide bonds. The topological polar surface area (TPSA) is 38.7 Å². The van der Waals surface area contributed by atoms with Gasteiger partial charge in [-0.15, -0.1) is 11.3 Å². The van der Waals surface area contributed by atoms with E-state index in [-0.39, 0.29) is 17.4 Å². The van der Waals surface area contributed by atoms with Crippen LogP contribution in [0.15, 0.2) is 47.1 Å². The van der Waals surface area contributed by atoms with E-state index in [1.165, 1.54) is 35.6 Å². The Hall–Kier alpha value is -1.98. The maximum absolute atomic E-state index is 12.8. The standard InChI is InChI=1S/C14H7ClFNO2S/c15-12-6-5-10(20-12)7-11-14(18)19-13(17-11)8-1-3-9(16)4-2-8/h1-7H/b11-7+. The predicted molar refractivity (Wildman–Crippen MR) is 76.3 cm³/mol. The van der Waals surface area contributed by atoms with Crippen LogP contribution in [0.3, 0.4) is 0 Å². The second kappa shape index (κ2) is 5.19. The minimum atomic E-state index is -0.533. The van der Waals surface area contributed by atoms with Gasteiger partial charge < -0.3 is 4.74 Å². The molecule has 100 valence electrons. The van der Waals surface area contributed by atoms with E-state index in [0.717, 1.165) is 4.88 Å². The summed E-state index contributed by atoms with van der Waals surface area (Å²) in [6, 6.07) is 9.11. The van der Waals surface area contributed by atoms with E-state index in [4.69, 9.17) is 16.3 Å². The number of hydrogen-bond donors (Lipinski definition) is 0. The SMILES string of the molecule is O=C1OC(c2ccc(F)cc2)=N/C1=C/c1ccc(Cl)s1. The molecule has 0 aliphatic carbocycles. The first-order valence-corrected chi connectivity index (χ1v) is 6.85. The van der Waals surface area contributed by atoms with Crippen molar-refractivity contribution in [2.75, 3.05) is 0 Å². The zero-order valence-electron chi connectivity index (χ0n) is 9.97. The molecular formula is C14H7ClFNO2S. The van der Waals surface area contributed by atoms with Crippen LogP contribution in [-0.2, 0) is 9.53 Å². The summed E-state index contributed by atoms with van der Waals surface area (Å²) >= 11 is 7.16. The molecule has 1 aromatic heterocycles. The molecular weight excluding hydrogens is 301 g/mol. The lowest BCUT2D eigenvalue weighted by molar-refractivity contribution is -0.129. The van der Waals surface area contributed by atoms with E-state index in [1.807, 2.05) is 0 Å². The molecule has 0 N–H and O–H groups in total. The highest BCUT2D eigenvalue weighted by molar-refractivity contribution is 7.17. The largest absolute Gasteiger partial charge is 0.402 e. The Morgan fingerprint density at radius 1 is 1.20 bits per heavy atom. The fraction of sp³-hybridized carbons (Fsp3) is 0. The van der Waals surface area contributed by atoms with Crippen molar-refractivity contribution in [3.8, 4) is 0 Å². The van der Waals surface area contributed by atoms with Crippen LogP contribution in [-0.4, -0.2) is 11.9 Å². The number of carbonyl (C=O) groups is 1. The third-order valence-corrected chi connectivity index (χ3v) is 3.76. The van der Waals surface area contributed by atoms with Crippen molar-refractivity contribution < 1.29 is 13.9 Å². The summed E-state index contributed by atoms with van der Waals surface area (Å²) in [5.41, 5.74) is 0.746. The molecule has 20 heavy (non-hydrogen) atoms. The summed E-state index contributed by atoms with van der Waals surface area (Å²) < 4.78 is 18.5. The first kappa shape index (κ1) is 13.0. The number of hydrogen-bond acceptors (Lipinski definition) is 4. The van der Waals surface area contributed by atoms with E-state index < -0.39 is 5.97 Å². The second-order valence-corrected chi connectivity index (χ2v) is 5.73. The summed E-state index contributed by atoms with van der Waals surface area (Å²) in [5, 5.41) is 0. The number of aliphatic imine (C=N–C) groups is 1. The second-order valence-electron chi connectivity index (χ2n) is 3.98. The molecule has 6 heteroatoms. The number of rotatable bonds is 2. The Balaban J connectivity index is 1.92. The lowest BCUT2D eigenvalue weighted by Crippen LogP contribution is -2.05. The Morgan fingerprint density at radius 2 is 1.95 bits per heavy atom. The van der Waals surface area contributed by atoms with Gasteiger partial charge in [-0.3, -0.25) is 0 Å². The molecule has 0 radical (unpaired) electrons. The highest BCUT2D eigenvalue weighted by atomic mass is 35.5. The van der Waals surface area contributed by atoms with Crippen molar-refractivity contribution in [2.45, 2.75) is 0 Å². The molecule has 1 aliphatic rings. The first-order valence-electron chi connectivity index (χ1n) is 5.66. The molecule has 2 aromatic rings. The van der Waals surface area contributed by atoms with Crippen LogP contribution in [0.1, 0.15) is 10.4 Å².